The lowest BCUT2D eigenvalue weighted by atomic mass is 10.1. The topological polar surface area (TPSA) is 47.2 Å². The number of hydrogen-bond donors (Lipinski definition) is 0. The minimum absolute atomic E-state index is 0.157. The van der Waals surface area contributed by atoms with Crippen molar-refractivity contribution in [1.29, 1.82) is 0 Å². The second-order valence-electron chi connectivity index (χ2n) is 5.10. The first kappa shape index (κ1) is 16.4. The van der Waals surface area contributed by atoms with E-state index in [4.69, 9.17) is 23.2 Å². The largest absolute Gasteiger partial charge is 0.272 e. The van der Waals surface area contributed by atoms with Crippen molar-refractivity contribution < 1.29 is 4.79 Å². The third-order valence-corrected chi connectivity index (χ3v) is 4.05. The highest BCUT2D eigenvalue weighted by Gasteiger charge is 2.04. The van der Waals surface area contributed by atoms with Crippen LogP contribution in [0.25, 0.3) is 5.69 Å². The van der Waals surface area contributed by atoms with E-state index < -0.39 is 0 Å². The van der Waals surface area contributed by atoms with Crippen molar-refractivity contribution in [2.45, 2.75) is 6.42 Å². The van der Waals surface area contributed by atoms with Gasteiger partial charge in [-0.25, -0.2) is 9.67 Å². The van der Waals surface area contributed by atoms with Crippen LogP contribution in [-0.4, -0.2) is 15.7 Å². The molecule has 0 aliphatic heterocycles. The lowest BCUT2D eigenvalue weighted by molar-refractivity contribution is -0.117. The van der Waals surface area contributed by atoms with Crippen molar-refractivity contribution in [3.05, 3.63) is 88.0 Å². The van der Waals surface area contributed by atoms with Gasteiger partial charge in [0.1, 0.15) is 0 Å². The number of nitrogens with zero attached hydrogens (tertiary/aromatic N) is 3. The predicted octanol–water partition coefficient (Wildman–Crippen LogP) is 3.85. The molecule has 24 heavy (non-hydrogen) atoms. The average Bonchev–Trinajstić information content (AvgIpc) is 2.59. The molecule has 0 N–H and O–H groups in total. The van der Waals surface area contributed by atoms with Gasteiger partial charge in [0.25, 0.3) is 5.91 Å². The molecule has 120 valence electrons. The van der Waals surface area contributed by atoms with Crippen LogP contribution in [0.15, 0.2) is 72.0 Å². The smallest absolute Gasteiger partial charge is 0.250 e. The summed E-state index contributed by atoms with van der Waals surface area (Å²) in [6.45, 7) is 0. The van der Waals surface area contributed by atoms with Crippen LogP contribution in [0.5, 0.6) is 0 Å². The van der Waals surface area contributed by atoms with E-state index in [0.717, 1.165) is 11.3 Å². The number of benzene rings is 2. The Balaban J connectivity index is 1.76. The van der Waals surface area contributed by atoms with Crippen molar-refractivity contribution in [2.75, 3.05) is 0 Å². The van der Waals surface area contributed by atoms with Crippen LogP contribution in [0.1, 0.15) is 5.56 Å². The molecule has 0 radical (unpaired) electrons. The summed E-state index contributed by atoms with van der Waals surface area (Å²) in [6.07, 6.45) is 3.48. The Kier molecular flexibility index (Phi) is 5.08. The number of halogens is 2. The number of carbonyl (C=O) groups excluding carboxylic acids is 1. The summed E-state index contributed by atoms with van der Waals surface area (Å²) in [6, 6.07) is 16.5. The zero-order valence-electron chi connectivity index (χ0n) is 12.6. The zero-order chi connectivity index (χ0) is 16.9. The minimum atomic E-state index is -0.271. The van der Waals surface area contributed by atoms with Crippen molar-refractivity contribution in [3.63, 3.8) is 0 Å². The molecule has 0 saturated heterocycles. The monoisotopic (exact) mass is 357 g/mol. The molecule has 0 atom stereocenters. The van der Waals surface area contributed by atoms with Gasteiger partial charge in [-0.15, -0.1) is 0 Å². The molecule has 0 saturated carbocycles. The molecule has 0 fully saturated rings. The van der Waals surface area contributed by atoms with Gasteiger partial charge in [0.05, 0.1) is 33.7 Å². The molecule has 3 aromatic rings. The number of para-hydroxylation sites is 1. The van der Waals surface area contributed by atoms with Crippen LogP contribution in [0.4, 0.5) is 0 Å². The molecule has 4 nitrogen and oxygen atoms in total. The lowest BCUT2D eigenvalue weighted by Gasteiger charge is -2.03. The van der Waals surface area contributed by atoms with Crippen LogP contribution in [0.3, 0.4) is 0 Å². The Bertz CT molecular complexity index is 916. The van der Waals surface area contributed by atoms with Crippen molar-refractivity contribution in [1.82, 2.24) is 9.78 Å². The molecule has 1 heterocycles. The highest BCUT2D eigenvalue weighted by molar-refractivity contribution is 6.42. The summed E-state index contributed by atoms with van der Waals surface area (Å²) < 4.78 is 1.71. The predicted molar refractivity (Wildman–Crippen MR) is 94.3 cm³/mol. The molecule has 0 aliphatic rings. The molecule has 0 spiro atoms. The van der Waals surface area contributed by atoms with Crippen LogP contribution in [0, 0.1) is 0 Å². The van der Waals surface area contributed by atoms with Gasteiger partial charge in [0.2, 0.25) is 0 Å². The van der Waals surface area contributed by atoms with Gasteiger partial charge in [0, 0.05) is 6.20 Å². The molecule has 1 amide bonds. The van der Waals surface area contributed by atoms with E-state index in [2.05, 4.69) is 10.1 Å². The minimum Gasteiger partial charge on any atom is -0.272 e. The SMILES string of the molecule is O=C(Cc1ccc(Cl)c(Cl)c1)N=c1ccn(-c2ccccc2)nc1. The summed E-state index contributed by atoms with van der Waals surface area (Å²) in [5.41, 5.74) is 1.70. The van der Waals surface area contributed by atoms with Gasteiger partial charge in [-0.1, -0.05) is 47.5 Å². The van der Waals surface area contributed by atoms with Crippen LogP contribution < -0.4 is 5.36 Å². The molecule has 2 aromatic carbocycles. The summed E-state index contributed by atoms with van der Waals surface area (Å²) in [5.74, 6) is -0.271. The molecular formula is C18H13Cl2N3O. The summed E-state index contributed by atoms with van der Waals surface area (Å²) in [5, 5.41) is 5.66. The Labute approximate surface area is 149 Å². The van der Waals surface area contributed by atoms with Gasteiger partial charge in [-0.2, -0.15) is 5.10 Å². The quantitative estimate of drug-likeness (QED) is 0.714. The Hall–Kier alpha value is -2.43. The number of aromatic nitrogens is 2. The van der Waals surface area contributed by atoms with Crippen molar-refractivity contribution in [2.24, 2.45) is 4.99 Å². The molecular weight excluding hydrogens is 345 g/mol. The van der Waals surface area contributed by atoms with Crippen molar-refractivity contribution >= 4 is 29.1 Å². The van der Waals surface area contributed by atoms with E-state index in [0.29, 0.717) is 15.4 Å². The van der Waals surface area contributed by atoms with E-state index in [1.165, 1.54) is 0 Å². The van der Waals surface area contributed by atoms with Crippen LogP contribution in [0.2, 0.25) is 10.0 Å². The fourth-order valence-corrected chi connectivity index (χ4v) is 2.48. The van der Waals surface area contributed by atoms with Gasteiger partial charge in [0.15, 0.2) is 0 Å². The Morgan fingerprint density at radius 2 is 1.83 bits per heavy atom. The first-order valence-electron chi connectivity index (χ1n) is 7.24. The summed E-state index contributed by atoms with van der Waals surface area (Å²) in [4.78, 5) is 16.1. The second-order valence-corrected chi connectivity index (χ2v) is 5.91. The van der Waals surface area contributed by atoms with Crippen molar-refractivity contribution in [3.8, 4) is 5.69 Å². The van der Waals surface area contributed by atoms with Crippen LogP contribution >= 0.6 is 23.2 Å². The van der Waals surface area contributed by atoms with Gasteiger partial charge >= 0.3 is 0 Å². The fourth-order valence-electron chi connectivity index (χ4n) is 2.16. The highest BCUT2D eigenvalue weighted by atomic mass is 35.5. The highest BCUT2D eigenvalue weighted by Crippen LogP contribution is 2.22. The number of hydrogen-bond acceptors (Lipinski definition) is 2. The maximum absolute atomic E-state index is 12.1. The first-order chi connectivity index (χ1) is 11.6. The fraction of sp³-hybridized carbons (Fsp3) is 0.0556. The second kappa shape index (κ2) is 7.43. The van der Waals surface area contributed by atoms with E-state index in [-0.39, 0.29) is 12.3 Å². The summed E-state index contributed by atoms with van der Waals surface area (Å²) in [7, 11) is 0. The Morgan fingerprint density at radius 1 is 1.04 bits per heavy atom. The van der Waals surface area contributed by atoms with E-state index >= 15 is 0 Å². The van der Waals surface area contributed by atoms with Crippen LogP contribution in [-0.2, 0) is 11.2 Å². The normalized spacial score (nSPS) is 11.5. The van der Waals surface area contributed by atoms with Gasteiger partial charge in [-0.3, -0.25) is 4.79 Å². The number of carbonyl (C=O) groups is 1. The molecule has 0 bridgehead atoms. The molecule has 0 aliphatic carbocycles. The van der Waals surface area contributed by atoms with E-state index in [9.17, 15) is 4.79 Å². The molecule has 6 heteroatoms. The Morgan fingerprint density at radius 3 is 2.50 bits per heavy atom. The number of amides is 1. The maximum Gasteiger partial charge on any atom is 0.250 e. The third-order valence-electron chi connectivity index (χ3n) is 3.31. The summed E-state index contributed by atoms with van der Waals surface area (Å²) >= 11 is 11.8. The number of rotatable bonds is 3. The van der Waals surface area contributed by atoms with Gasteiger partial charge in [-0.05, 0) is 35.9 Å². The van der Waals surface area contributed by atoms with E-state index in [1.54, 1.807) is 41.3 Å². The third kappa shape index (κ3) is 4.10. The van der Waals surface area contributed by atoms with Gasteiger partial charge < -0.3 is 0 Å². The molecule has 3 rings (SSSR count). The average molecular weight is 358 g/mol. The zero-order valence-corrected chi connectivity index (χ0v) is 14.1. The lowest BCUT2D eigenvalue weighted by Crippen LogP contribution is -2.12. The standard InChI is InChI=1S/C18H13Cl2N3O/c19-16-7-6-13(10-17(16)20)11-18(24)22-14-8-9-23(21-12-14)15-4-2-1-3-5-15/h1-10,12H,11H2. The maximum atomic E-state index is 12.1. The van der Waals surface area contributed by atoms with E-state index in [1.807, 2.05) is 30.3 Å². The molecule has 1 aromatic heterocycles. The first-order valence-corrected chi connectivity index (χ1v) is 7.99. The molecule has 0 unspecified atom stereocenters.